The normalized spacial score (nSPS) is 10.9. The third-order valence-corrected chi connectivity index (χ3v) is 3.80. The van der Waals surface area contributed by atoms with E-state index in [1.54, 1.807) is 12.1 Å². The van der Waals surface area contributed by atoms with Gasteiger partial charge in [-0.25, -0.2) is 9.18 Å². The summed E-state index contributed by atoms with van der Waals surface area (Å²) >= 11 is 1.43. The van der Waals surface area contributed by atoms with Crippen molar-refractivity contribution in [2.75, 3.05) is 0 Å². The molecule has 2 heterocycles. The van der Waals surface area contributed by atoms with Crippen molar-refractivity contribution in [2.24, 2.45) is 0 Å². The van der Waals surface area contributed by atoms with E-state index in [9.17, 15) is 9.18 Å². The Balaban J connectivity index is 2.10. The molecule has 0 aliphatic carbocycles. The quantitative estimate of drug-likeness (QED) is 0.738. The molecule has 3 nitrogen and oxygen atoms in total. The van der Waals surface area contributed by atoms with Crippen LogP contribution in [0.2, 0.25) is 0 Å². The standard InChI is InChI=1S/C13H8FNO2S/c14-8-2-1-7-5-12(18-11(7)6-8)9-3-4-10(15-9)13(16)17/h1-6,15H,(H,16,17). The number of carboxylic acids is 1. The van der Waals surface area contributed by atoms with Crippen molar-refractivity contribution in [1.82, 2.24) is 4.98 Å². The summed E-state index contributed by atoms with van der Waals surface area (Å²) < 4.78 is 13.9. The van der Waals surface area contributed by atoms with Crippen LogP contribution in [-0.4, -0.2) is 16.1 Å². The number of thiophene rings is 1. The molecular weight excluding hydrogens is 253 g/mol. The number of halogens is 1. The smallest absolute Gasteiger partial charge is 0.352 e. The monoisotopic (exact) mass is 261 g/mol. The third kappa shape index (κ3) is 1.78. The van der Waals surface area contributed by atoms with E-state index in [0.29, 0.717) is 0 Å². The second kappa shape index (κ2) is 3.96. The molecule has 0 saturated heterocycles. The van der Waals surface area contributed by atoms with Crippen molar-refractivity contribution >= 4 is 27.4 Å². The van der Waals surface area contributed by atoms with Crippen LogP contribution in [0.3, 0.4) is 0 Å². The topological polar surface area (TPSA) is 53.1 Å². The number of aromatic carboxylic acids is 1. The second-order valence-corrected chi connectivity index (χ2v) is 4.97. The average Bonchev–Trinajstić information content (AvgIpc) is 2.93. The minimum atomic E-state index is -0.992. The lowest BCUT2D eigenvalue weighted by Gasteiger charge is -1.90. The van der Waals surface area contributed by atoms with Crippen molar-refractivity contribution in [3.05, 3.63) is 47.9 Å². The number of H-pyrrole nitrogens is 1. The Morgan fingerprint density at radius 3 is 2.78 bits per heavy atom. The number of hydrogen-bond donors (Lipinski definition) is 2. The summed E-state index contributed by atoms with van der Waals surface area (Å²) in [7, 11) is 0. The Labute approximate surface area is 106 Å². The predicted octanol–water partition coefficient (Wildman–Crippen LogP) is 3.73. The first-order valence-corrected chi connectivity index (χ1v) is 6.07. The number of nitrogens with one attached hydrogen (secondary N) is 1. The Morgan fingerprint density at radius 2 is 2.06 bits per heavy atom. The minimum Gasteiger partial charge on any atom is -0.477 e. The van der Waals surface area contributed by atoms with Crippen LogP contribution in [0.1, 0.15) is 10.5 Å². The highest BCUT2D eigenvalue weighted by Crippen LogP contribution is 2.33. The lowest BCUT2D eigenvalue weighted by Crippen LogP contribution is -1.95. The molecule has 18 heavy (non-hydrogen) atoms. The predicted molar refractivity (Wildman–Crippen MR) is 68.5 cm³/mol. The zero-order valence-electron chi connectivity index (χ0n) is 9.11. The molecule has 0 bridgehead atoms. The van der Waals surface area contributed by atoms with Crippen molar-refractivity contribution < 1.29 is 14.3 Å². The van der Waals surface area contributed by atoms with Gasteiger partial charge in [-0.05, 0) is 35.7 Å². The van der Waals surface area contributed by atoms with Crippen LogP contribution < -0.4 is 0 Å². The Kier molecular flexibility index (Phi) is 2.41. The molecule has 0 aliphatic rings. The highest BCUT2D eigenvalue weighted by atomic mass is 32.1. The highest BCUT2D eigenvalue weighted by molar-refractivity contribution is 7.22. The van der Waals surface area contributed by atoms with Gasteiger partial charge in [-0.15, -0.1) is 11.3 Å². The van der Waals surface area contributed by atoms with E-state index in [4.69, 9.17) is 5.11 Å². The van der Waals surface area contributed by atoms with Gasteiger partial charge in [0, 0.05) is 4.70 Å². The van der Waals surface area contributed by atoms with Gasteiger partial charge in [-0.3, -0.25) is 0 Å². The molecule has 0 saturated carbocycles. The number of aromatic nitrogens is 1. The van der Waals surface area contributed by atoms with Gasteiger partial charge < -0.3 is 10.1 Å². The Morgan fingerprint density at radius 1 is 1.22 bits per heavy atom. The molecule has 1 aromatic carbocycles. The van der Waals surface area contributed by atoms with E-state index in [1.807, 2.05) is 6.07 Å². The van der Waals surface area contributed by atoms with Crippen molar-refractivity contribution in [3.8, 4) is 10.6 Å². The molecule has 0 spiro atoms. The van der Waals surface area contributed by atoms with Gasteiger partial charge in [0.05, 0.1) is 10.6 Å². The first-order chi connectivity index (χ1) is 8.63. The van der Waals surface area contributed by atoms with Gasteiger partial charge in [-0.2, -0.15) is 0 Å². The summed E-state index contributed by atoms with van der Waals surface area (Å²) in [6, 6.07) is 9.75. The number of hydrogen-bond acceptors (Lipinski definition) is 2. The second-order valence-electron chi connectivity index (χ2n) is 3.88. The first-order valence-electron chi connectivity index (χ1n) is 5.25. The molecule has 0 radical (unpaired) electrons. The molecule has 90 valence electrons. The number of benzene rings is 1. The minimum absolute atomic E-state index is 0.147. The molecular formula is C13H8FNO2S. The molecule has 5 heteroatoms. The fraction of sp³-hybridized carbons (Fsp3) is 0. The summed E-state index contributed by atoms with van der Waals surface area (Å²) in [5, 5.41) is 9.79. The number of carboxylic acid groups (broad SMARTS) is 1. The van der Waals surface area contributed by atoms with Gasteiger partial charge in [0.25, 0.3) is 0 Å². The first kappa shape index (κ1) is 11.0. The van der Waals surface area contributed by atoms with E-state index in [2.05, 4.69) is 4.98 Å². The Bertz CT molecular complexity index is 744. The molecule has 3 aromatic rings. The summed E-state index contributed by atoms with van der Waals surface area (Å²) in [6.07, 6.45) is 0. The van der Waals surface area contributed by atoms with Crippen LogP contribution in [0.4, 0.5) is 4.39 Å². The highest BCUT2D eigenvalue weighted by Gasteiger charge is 2.10. The summed E-state index contributed by atoms with van der Waals surface area (Å²) in [6.45, 7) is 0. The van der Waals surface area contributed by atoms with E-state index >= 15 is 0 Å². The molecule has 0 aliphatic heterocycles. The third-order valence-electron chi connectivity index (χ3n) is 2.66. The number of aromatic amines is 1. The number of rotatable bonds is 2. The lowest BCUT2D eigenvalue weighted by atomic mass is 10.2. The van der Waals surface area contributed by atoms with Gasteiger partial charge in [-0.1, -0.05) is 6.07 Å². The molecule has 0 unspecified atom stereocenters. The van der Waals surface area contributed by atoms with Crippen molar-refractivity contribution in [3.63, 3.8) is 0 Å². The van der Waals surface area contributed by atoms with Crippen LogP contribution in [0.15, 0.2) is 36.4 Å². The molecule has 3 rings (SSSR count). The average molecular weight is 261 g/mol. The molecule has 2 N–H and O–H groups in total. The van der Waals surface area contributed by atoms with Crippen LogP contribution in [0.25, 0.3) is 20.7 Å². The maximum atomic E-state index is 13.1. The zero-order chi connectivity index (χ0) is 12.7. The summed E-state index contributed by atoms with van der Waals surface area (Å²) in [5.41, 5.74) is 0.877. The fourth-order valence-corrected chi connectivity index (χ4v) is 2.87. The van der Waals surface area contributed by atoms with Crippen LogP contribution >= 0.6 is 11.3 Å². The molecule has 2 aromatic heterocycles. The number of carbonyl (C=O) groups is 1. The maximum Gasteiger partial charge on any atom is 0.352 e. The summed E-state index contributed by atoms with van der Waals surface area (Å²) in [5.74, 6) is -1.26. The SMILES string of the molecule is O=C(O)c1ccc(-c2cc3ccc(F)cc3s2)[nH]1. The zero-order valence-corrected chi connectivity index (χ0v) is 9.92. The van der Waals surface area contributed by atoms with Gasteiger partial charge in [0.1, 0.15) is 11.5 Å². The van der Waals surface area contributed by atoms with E-state index in [-0.39, 0.29) is 11.5 Å². The lowest BCUT2D eigenvalue weighted by molar-refractivity contribution is 0.0691. The van der Waals surface area contributed by atoms with Gasteiger partial charge in [0.15, 0.2) is 0 Å². The van der Waals surface area contributed by atoms with Crippen LogP contribution in [0.5, 0.6) is 0 Å². The molecule has 0 amide bonds. The molecule has 0 atom stereocenters. The molecule has 0 fully saturated rings. The Hall–Kier alpha value is -2.14. The largest absolute Gasteiger partial charge is 0.477 e. The van der Waals surface area contributed by atoms with Gasteiger partial charge >= 0.3 is 5.97 Å². The fourth-order valence-electron chi connectivity index (χ4n) is 1.80. The van der Waals surface area contributed by atoms with Gasteiger partial charge in [0.2, 0.25) is 0 Å². The summed E-state index contributed by atoms with van der Waals surface area (Å²) in [4.78, 5) is 14.5. The maximum absolute atomic E-state index is 13.1. The number of fused-ring (bicyclic) bond motifs is 1. The van der Waals surface area contributed by atoms with E-state index in [0.717, 1.165) is 20.7 Å². The van der Waals surface area contributed by atoms with Crippen molar-refractivity contribution in [1.29, 1.82) is 0 Å². The van der Waals surface area contributed by atoms with E-state index < -0.39 is 5.97 Å². The van der Waals surface area contributed by atoms with Crippen LogP contribution in [0, 0.1) is 5.82 Å². The van der Waals surface area contributed by atoms with E-state index in [1.165, 1.54) is 29.5 Å². The van der Waals surface area contributed by atoms with Crippen molar-refractivity contribution in [2.45, 2.75) is 0 Å². The van der Waals surface area contributed by atoms with Crippen LogP contribution in [-0.2, 0) is 0 Å².